The predicted octanol–water partition coefficient (Wildman–Crippen LogP) is 6.19. The molecule has 4 nitrogen and oxygen atoms in total. The highest BCUT2D eigenvalue weighted by Gasteiger charge is 2.12. The van der Waals surface area contributed by atoms with Gasteiger partial charge in [-0.05, 0) is 60.9 Å². The van der Waals surface area contributed by atoms with Crippen molar-refractivity contribution in [1.82, 2.24) is 0 Å². The average Bonchev–Trinajstić information content (AvgIpc) is 2.74. The number of carbonyl (C=O) groups excluding carboxylic acids is 1. The van der Waals surface area contributed by atoms with E-state index in [9.17, 15) is 10.1 Å². The van der Waals surface area contributed by atoms with E-state index in [2.05, 4.69) is 21.2 Å². The Labute approximate surface area is 184 Å². The van der Waals surface area contributed by atoms with Crippen LogP contribution in [0.1, 0.15) is 22.3 Å². The number of para-hydroxylation sites is 1. The van der Waals surface area contributed by atoms with Gasteiger partial charge in [0.05, 0.1) is 0 Å². The minimum absolute atomic E-state index is 0.00981. The van der Waals surface area contributed by atoms with Crippen LogP contribution in [-0.2, 0) is 11.4 Å². The van der Waals surface area contributed by atoms with Crippen LogP contribution in [0.4, 0.5) is 5.69 Å². The van der Waals surface area contributed by atoms with Gasteiger partial charge in [-0.25, -0.2) is 0 Å². The molecule has 0 spiro atoms. The van der Waals surface area contributed by atoms with E-state index in [1.54, 1.807) is 6.08 Å². The maximum absolute atomic E-state index is 12.7. The van der Waals surface area contributed by atoms with Gasteiger partial charge in [0.25, 0.3) is 5.91 Å². The smallest absolute Gasteiger partial charge is 0.266 e. The molecule has 1 N–H and O–H groups in total. The number of nitriles is 1. The molecule has 0 unspecified atom stereocenters. The zero-order chi connectivity index (χ0) is 21.5. The standard InChI is InChI=1S/C25H21BrN2O2/c1-17-7-8-18(2)23(13-17)28-25(29)21(15-27)14-20-5-3-4-6-24(20)30-16-19-9-11-22(26)12-10-19/h3-14H,16H2,1-2H3,(H,28,29)/b21-14+. The summed E-state index contributed by atoms with van der Waals surface area (Å²) >= 11 is 3.42. The monoisotopic (exact) mass is 460 g/mol. The summed E-state index contributed by atoms with van der Waals surface area (Å²) in [6.45, 7) is 4.25. The molecule has 5 heteroatoms. The molecule has 3 aromatic carbocycles. The Bertz CT molecular complexity index is 1130. The lowest BCUT2D eigenvalue weighted by Gasteiger charge is -2.11. The quantitative estimate of drug-likeness (QED) is 0.352. The summed E-state index contributed by atoms with van der Waals surface area (Å²) in [6, 6.07) is 23.0. The number of hydrogen-bond donors (Lipinski definition) is 1. The number of carbonyl (C=O) groups is 1. The van der Waals surface area contributed by atoms with Crippen LogP contribution in [0.3, 0.4) is 0 Å². The van der Waals surface area contributed by atoms with Crippen LogP contribution < -0.4 is 10.1 Å². The molecule has 0 atom stereocenters. The van der Waals surface area contributed by atoms with Crippen LogP contribution >= 0.6 is 15.9 Å². The van der Waals surface area contributed by atoms with Gasteiger partial charge >= 0.3 is 0 Å². The van der Waals surface area contributed by atoms with Gasteiger partial charge in [0, 0.05) is 15.7 Å². The number of rotatable bonds is 6. The average molecular weight is 461 g/mol. The Hall–Kier alpha value is -3.36. The number of nitrogens with one attached hydrogen (secondary N) is 1. The molecule has 1 amide bonds. The third-order valence-electron chi connectivity index (χ3n) is 4.53. The number of aryl methyl sites for hydroxylation is 2. The Morgan fingerprint density at radius 3 is 2.57 bits per heavy atom. The first-order valence-corrected chi connectivity index (χ1v) is 10.2. The van der Waals surface area contributed by atoms with Crippen LogP contribution in [0.25, 0.3) is 6.08 Å². The second-order valence-electron chi connectivity index (χ2n) is 6.90. The molecule has 0 aliphatic carbocycles. The molecular weight excluding hydrogens is 440 g/mol. The van der Waals surface area contributed by atoms with E-state index in [0.29, 0.717) is 23.6 Å². The number of nitrogens with zero attached hydrogens (tertiary/aromatic N) is 1. The van der Waals surface area contributed by atoms with Crippen LogP contribution in [0.15, 0.2) is 76.8 Å². The summed E-state index contributed by atoms with van der Waals surface area (Å²) in [4.78, 5) is 12.7. The molecule has 0 aliphatic rings. The van der Waals surface area contributed by atoms with Crippen molar-refractivity contribution in [2.24, 2.45) is 0 Å². The number of benzene rings is 3. The van der Waals surface area contributed by atoms with E-state index in [1.165, 1.54) is 0 Å². The third-order valence-corrected chi connectivity index (χ3v) is 5.06. The molecule has 0 aromatic heterocycles. The van der Waals surface area contributed by atoms with Gasteiger partial charge in [-0.1, -0.05) is 58.4 Å². The Morgan fingerprint density at radius 1 is 1.10 bits per heavy atom. The van der Waals surface area contributed by atoms with Crippen molar-refractivity contribution >= 4 is 33.6 Å². The summed E-state index contributed by atoms with van der Waals surface area (Å²) in [5.41, 5.74) is 4.36. The minimum Gasteiger partial charge on any atom is -0.488 e. The number of anilines is 1. The van der Waals surface area contributed by atoms with Gasteiger partial charge < -0.3 is 10.1 Å². The van der Waals surface area contributed by atoms with Crippen molar-refractivity contribution in [3.63, 3.8) is 0 Å². The lowest BCUT2D eigenvalue weighted by Crippen LogP contribution is -2.14. The maximum atomic E-state index is 12.7. The van der Waals surface area contributed by atoms with Gasteiger partial charge in [-0.15, -0.1) is 0 Å². The molecule has 0 saturated carbocycles. The van der Waals surface area contributed by atoms with E-state index in [1.807, 2.05) is 86.6 Å². The van der Waals surface area contributed by atoms with Crippen LogP contribution in [0, 0.1) is 25.2 Å². The van der Waals surface area contributed by atoms with Gasteiger partial charge in [0.15, 0.2) is 0 Å². The lowest BCUT2D eigenvalue weighted by atomic mass is 10.1. The molecule has 0 fully saturated rings. The SMILES string of the molecule is Cc1ccc(C)c(NC(=O)/C(C#N)=C/c2ccccc2OCc2ccc(Br)cc2)c1. The largest absolute Gasteiger partial charge is 0.488 e. The number of hydrogen-bond acceptors (Lipinski definition) is 3. The fourth-order valence-electron chi connectivity index (χ4n) is 2.84. The first kappa shape index (κ1) is 21.4. The van der Waals surface area contributed by atoms with Gasteiger partial charge in [-0.3, -0.25) is 4.79 Å². The molecule has 30 heavy (non-hydrogen) atoms. The number of ether oxygens (including phenoxy) is 1. The topological polar surface area (TPSA) is 62.1 Å². The van der Waals surface area contributed by atoms with E-state index in [0.717, 1.165) is 21.2 Å². The van der Waals surface area contributed by atoms with Crippen molar-refractivity contribution < 1.29 is 9.53 Å². The van der Waals surface area contributed by atoms with Crippen molar-refractivity contribution in [3.05, 3.63) is 99.0 Å². The summed E-state index contributed by atoms with van der Waals surface area (Å²) in [5.74, 6) is 0.154. The summed E-state index contributed by atoms with van der Waals surface area (Å²) < 4.78 is 6.94. The fraction of sp³-hybridized carbons (Fsp3) is 0.120. The van der Waals surface area contributed by atoms with Gasteiger partial charge in [-0.2, -0.15) is 5.26 Å². The van der Waals surface area contributed by atoms with E-state index >= 15 is 0 Å². The molecule has 0 aliphatic heterocycles. The molecule has 3 aromatic rings. The fourth-order valence-corrected chi connectivity index (χ4v) is 3.10. The third kappa shape index (κ3) is 5.59. The summed E-state index contributed by atoms with van der Waals surface area (Å²) in [7, 11) is 0. The molecule has 3 rings (SSSR count). The molecule has 150 valence electrons. The van der Waals surface area contributed by atoms with Crippen LogP contribution in [0.5, 0.6) is 5.75 Å². The zero-order valence-electron chi connectivity index (χ0n) is 16.8. The maximum Gasteiger partial charge on any atom is 0.266 e. The molecule has 0 radical (unpaired) electrons. The molecular formula is C25H21BrN2O2. The Kier molecular flexibility index (Phi) is 7.05. The minimum atomic E-state index is -0.450. The van der Waals surface area contributed by atoms with Crippen LogP contribution in [-0.4, -0.2) is 5.91 Å². The highest BCUT2D eigenvalue weighted by atomic mass is 79.9. The van der Waals surface area contributed by atoms with E-state index in [-0.39, 0.29) is 5.57 Å². The zero-order valence-corrected chi connectivity index (χ0v) is 18.4. The first-order chi connectivity index (χ1) is 14.5. The van der Waals surface area contributed by atoms with E-state index in [4.69, 9.17) is 4.74 Å². The van der Waals surface area contributed by atoms with Crippen molar-refractivity contribution in [1.29, 1.82) is 5.26 Å². The van der Waals surface area contributed by atoms with Crippen molar-refractivity contribution in [2.45, 2.75) is 20.5 Å². The van der Waals surface area contributed by atoms with Gasteiger partial charge in [0.1, 0.15) is 24.0 Å². The Morgan fingerprint density at radius 2 is 1.83 bits per heavy atom. The van der Waals surface area contributed by atoms with E-state index < -0.39 is 5.91 Å². The molecule has 0 heterocycles. The lowest BCUT2D eigenvalue weighted by molar-refractivity contribution is -0.112. The number of halogens is 1. The van der Waals surface area contributed by atoms with Crippen molar-refractivity contribution in [3.8, 4) is 11.8 Å². The second kappa shape index (κ2) is 9.91. The second-order valence-corrected chi connectivity index (χ2v) is 7.81. The number of amides is 1. The summed E-state index contributed by atoms with van der Waals surface area (Å²) in [5, 5.41) is 12.4. The highest BCUT2D eigenvalue weighted by Crippen LogP contribution is 2.24. The summed E-state index contributed by atoms with van der Waals surface area (Å²) in [6.07, 6.45) is 1.55. The first-order valence-electron chi connectivity index (χ1n) is 9.43. The molecule has 0 saturated heterocycles. The van der Waals surface area contributed by atoms with Crippen LogP contribution in [0.2, 0.25) is 0 Å². The normalized spacial score (nSPS) is 10.9. The predicted molar refractivity (Wildman–Crippen MR) is 123 cm³/mol. The molecule has 0 bridgehead atoms. The highest BCUT2D eigenvalue weighted by molar-refractivity contribution is 9.10. The van der Waals surface area contributed by atoms with Gasteiger partial charge in [0.2, 0.25) is 0 Å². The Balaban J connectivity index is 1.80. The van der Waals surface area contributed by atoms with Crippen molar-refractivity contribution in [2.75, 3.05) is 5.32 Å².